The molecule has 0 aromatic heterocycles. The largest absolute Gasteiger partial charge is 1.00 e. The molecule has 108 valence electrons. The van der Waals surface area contributed by atoms with Crippen LogP contribution in [0.2, 0.25) is 0 Å². The molecular formula is C17H28ClP. The van der Waals surface area contributed by atoms with Gasteiger partial charge in [-0.1, -0.05) is 63.6 Å². The Morgan fingerprint density at radius 1 is 1.00 bits per heavy atom. The van der Waals surface area contributed by atoms with Gasteiger partial charge in [-0.2, -0.15) is 0 Å². The van der Waals surface area contributed by atoms with Crippen molar-refractivity contribution in [2.75, 3.05) is 12.3 Å². The molecule has 0 bridgehead atoms. The first kappa shape index (κ1) is 18.7. The van der Waals surface area contributed by atoms with Crippen LogP contribution >= 0.6 is 7.26 Å². The van der Waals surface area contributed by atoms with E-state index in [1.165, 1.54) is 49.7 Å². The van der Waals surface area contributed by atoms with Gasteiger partial charge in [-0.05, 0) is 18.4 Å². The second-order valence-electron chi connectivity index (χ2n) is 5.20. The molecule has 0 radical (unpaired) electrons. The Hall–Kier alpha value is -0.320. The van der Waals surface area contributed by atoms with Crippen molar-refractivity contribution in [1.29, 1.82) is 0 Å². The molecule has 0 fully saturated rings. The lowest BCUT2D eigenvalue weighted by molar-refractivity contribution is -0.00000398. The summed E-state index contributed by atoms with van der Waals surface area (Å²) >= 11 is 0. The van der Waals surface area contributed by atoms with E-state index in [4.69, 9.17) is 0 Å². The summed E-state index contributed by atoms with van der Waals surface area (Å²) < 4.78 is 0. The molecule has 19 heavy (non-hydrogen) atoms. The van der Waals surface area contributed by atoms with Crippen LogP contribution in [0.15, 0.2) is 42.7 Å². The number of halogens is 1. The van der Waals surface area contributed by atoms with Crippen LogP contribution in [0.1, 0.15) is 45.1 Å². The van der Waals surface area contributed by atoms with E-state index in [-0.39, 0.29) is 12.4 Å². The predicted octanol–water partition coefficient (Wildman–Crippen LogP) is 2.95. The normalized spacial score (nSPS) is 10.8. The molecule has 0 aliphatic carbocycles. The average Bonchev–Trinajstić information content (AvgIpc) is 2.43. The molecule has 2 heteroatoms. The summed E-state index contributed by atoms with van der Waals surface area (Å²) in [6.07, 6.45) is 9.36. The van der Waals surface area contributed by atoms with Gasteiger partial charge in [0.05, 0.1) is 24.3 Å². The van der Waals surface area contributed by atoms with Gasteiger partial charge in [0.1, 0.15) is 0 Å². The number of hydrogen-bond acceptors (Lipinski definition) is 0. The van der Waals surface area contributed by atoms with Gasteiger partial charge in [-0.25, -0.2) is 0 Å². The van der Waals surface area contributed by atoms with Gasteiger partial charge >= 0.3 is 0 Å². The van der Waals surface area contributed by atoms with Crippen LogP contribution in [0, 0.1) is 0 Å². The fourth-order valence-corrected chi connectivity index (χ4v) is 6.27. The molecule has 0 unspecified atom stereocenters. The van der Waals surface area contributed by atoms with Gasteiger partial charge in [0.2, 0.25) is 0 Å². The monoisotopic (exact) mass is 298 g/mol. The summed E-state index contributed by atoms with van der Waals surface area (Å²) in [4.78, 5) is 0. The Morgan fingerprint density at radius 2 is 1.53 bits per heavy atom. The van der Waals surface area contributed by atoms with Crippen LogP contribution < -0.4 is 12.4 Å². The minimum Gasteiger partial charge on any atom is -1.00 e. The number of hydrogen-bond donors (Lipinski definition) is 0. The lowest BCUT2D eigenvalue weighted by atomic mass is 10.2. The van der Waals surface area contributed by atoms with Crippen molar-refractivity contribution in [3.8, 4) is 0 Å². The quantitative estimate of drug-likeness (QED) is 0.615. The van der Waals surface area contributed by atoms with E-state index >= 15 is 0 Å². The summed E-state index contributed by atoms with van der Waals surface area (Å²) in [6, 6.07) is 11.0. The summed E-state index contributed by atoms with van der Waals surface area (Å²) in [5, 5.41) is 0. The highest BCUT2D eigenvalue weighted by molar-refractivity contribution is 7.78. The summed E-state index contributed by atoms with van der Waals surface area (Å²) in [5.74, 6) is 2.34. The Bertz CT molecular complexity index is 326. The highest BCUT2D eigenvalue weighted by Crippen LogP contribution is 2.63. The second kappa shape index (κ2) is 10.5. The van der Waals surface area contributed by atoms with Gasteiger partial charge in [0, 0.05) is 7.26 Å². The van der Waals surface area contributed by atoms with Crippen LogP contribution in [0.3, 0.4) is 0 Å². The molecule has 0 N–H and O–H groups in total. The molecule has 1 aromatic carbocycles. The third kappa shape index (κ3) is 6.59. The maximum Gasteiger partial charge on any atom is 0.0884 e. The zero-order chi connectivity index (χ0) is 13.3. The minimum absolute atomic E-state index is 0. The van der Waals surface area contributed by atoms with E-state index in [1.807, 2.05) is 0 Å². The number of unbranched alkanes of at least 4 members (excludes halogenated alkanes) is 2. The van der Waals surface area contributed by atoms with Crippen LogP contribution in [0.25, 0.3) is 0 Å². The molecule has 0 saturated carbocycles. The molecule has 0 nitrogen and oxygen atoms in total. The van der Waals surface area contributed by atoms with Gasteiger partial charge in [0.25, 0.3) is 0 Å². The van der Waals surface area contributed by atoms with Crippen molar-refractivity contribution in [3.63, 3.8) is 0 Å². The summed E-state index contributed by atoms with van der Waals surface area (Å²) in [5.41, 5.74) is 1.50. The molecular weight excluding hydrogens is 271 g/mol. The summed E-state index contributed by atoms with van der Waals surface area (Å²) in [7, 11) is -0.968. The molecule has 0 aliphatic rings. The SMILES string of the molecule is C=C[P+](CCCC)(CCCC)Cc1ccccc1.[Cl-]. The highest BCUT2D eigenvalue weighted by atomic mass is 35.5. The van der Waals surface area contributed by atoms with E-state index in [0.29, 0.717) is 0 Å². The fourth-order valence-electron chi connectivity index (χ4n) is 2.41. The Labute approximate surface area is 126 Å². The molecule has 0 amide bonds. The Kier molecular flexibility index (Phi) is 10.3. The third-order valence-electron chi connectivity index (χ3n) is 3.64. The molecule has 1 rings (SSSR count). The standard InChI is InChI=1S/C17H28P.ClH/c1-4-7-14-18(6-3,15-8-5-2)16-17-12-10-9-11-13-17;/h6,9-13H,3-5,7-8,14-16H2,1-2H3;1H/q+1;/p-1. The van der Waals surface area contributed by atoms with Gasteiger partial charge in [-0.15, -0.1) is 0 Å². The first-order chi connectivity index (χ1) is 8.76. The third-order valence-corrected chi connectivity index (χ3v) is 7.82. The molecule has 0 spiro atoms. The minimum atomic E-state index is -0.968. The average molecular weight is 299 g/mol. The molecule has 1 aromatic rings. The van der Waals surface area contributed by atoms with Crippen LogP contribution in [-0.2, 0) is 6.16 Å². The van der Waals surface area contributed by atoms with Gasteiger partial charge in [-0.3, -0.25) is 0 Å². The zero-order valence-electron chi connectivity index (χ0n) is 12.4. The maximum atomic E-state index is 4.18. The molecule has 0 heterocycles. The smallest absolute Gasteiger partial charge is 0.0884 e. The Balaban J connectivity index is 0.00000324. The van der Waals surface area contributed by atoms with Gasteiger partial charge in [0.15, 0.2) is 0 Å². The van der Waals surface area contributed by atoms with Crippen LogP contribution in [0.5, 0.6) is 0 Å². The van der Waals surface area contributed by atoms with Crippen molar-refractivity contribution in [2.45, 2.75) is 45.7 Å². The van der Waals surface area contributed by atoms with E-state index < -0.39 is 7.26 Å². The first-order valence-electron chi connectivity index (χ1n) is 7.29. The van der Waals surface area contributed by atoms with E-state index in [1.54, 1.807) is 0 Å². The van der Waals surface area contributed by atoms with Crippen molar-refractivity contribution in [1.82, 2.24) is 0 Å². The molecule has 0 aliphatic heterocycles. The topological polar surface area (TPSA) is 0 Å². The lowest BCUT2D eigenvalue weighted by Gasteiger charge is -2.23. The Morgan fingerprint density at radius 3 is 1.95 bits per heavy atom. The predicted molar refractivity (Wildman–Crippen MR) is 86.8 cm³/mol. The highest BCUT2D eigenvalue weighted by Gasteiger charge is 2.32. The first-order valence-corrected chi connectivity index (χ1v) is 9.71. The molecule has 0 saturated heterocycles. The molecule has 0 atom stereocenters. The summed E-state index contributed by atoms with van der Waals surface area (Å²) in [6.45, 7) is 8.77. The van der Waals surface area contributed by atoms with Crippen molar-refractivity contribution in [3.05, 3.63) is 48.3 Å². The van der Waals surface area contributed by atoms with Crippen molar-refractivity contribution in [2.24, 2.45) is 0 Å². The fraction of sp³-hybridized carbons (Fsp3) is 0.529. The van der Waals surface area contributed by atoms with Gasteiger partial charge < -0.3 is 12.4 Å². The van der Waals surface area contributed by atoms with E-state index in [2.05, 4.69) is 56.6 Å². The van der Waals surface area contributed by atoms with E-state index in [9.17, 15) is 0 Å². The number of rotatable bonds is 9. The van der Waals surface area contributed by atoms with Crippen LogP contribution in [-0.4, -0.2) is 12.3 Å². The lowest BCUT2D eigenvalue weighted by Crippen LogP contribution is -3.00. The second-order valence-corrected chi connectivity index (χ2v) is 9.21. The van der Waals surface area contributed by atoms with Crippen LogP contribution in [0.4, 0.5) is 0 Å². The van der Waals surface area contributed by atoms with Crippen molar-refractivity contribution >= 4 is 7.26 Å². The maximum absolute atomic E-state index is 4.18. The zero-order valence-corrected chi connectivity index (χ0v) is 14.1. The van der Waals surface area contributed by atoms with E-state index in [0.717, 1.165) is 0 Å². The van der Waals surface area contributed by atoms with Crippen molar-refractivity contribution < 1.29 is 12.4 Å². The number of benzene rings is 1.